The van der Waals surface area contributed by atoms with Gasteiger partial charge in [0.05, 0.1) is 26.4 Å². The van der Waals surface area contributed by atoms with Crippen LogP contribution in [-0.2, 0) is 41.4 Å². The Morgan fingerprint density at radius 1 is 1.13 bits per heavy atom. The molecule has 0 bridgehead atoms. The number of phosphoric acid groups is 2. The molecule has 20 nitrogen and oxygen atoms in total. The Balaban J connectivity index is 1.64. The number of phosphoric ester groups is 2. The van der Waals surface area contributed by atoms with Gasteiger partial charge in [0.25, 0.3) is 5.56 Å². The number of aromatic amines is 1. The van der Waals surface area contributed by atoms with Gasteiger partial charge in [-0.1, -0.05) is 0 Å². The summed E-state index contributed by atoms with van der Waals surface area (Å²) in [4.78, 5) is 56.8. The van der Waals surface area contributed by atoms with Crippen LogP contribution in [-0.4, -0.2) is 109 Å². The number of hydrogen-bond acceptors (Lipinski definition) is 16. The molecule has 2 saturated heterocycles. The molecule has 10 atom stereocenters. The molecule has 7 N–H and O–H groups in total. The molecule has 0 aromatic carbocycles. The van der Waals surface area contributed by atoms with Crippen LogP contribution in [0.25, 0.3) is 0 Å². The van der Waals surface area contributed by atoms with Crippen molar-refractivity contribution in [1.29, 1.82) is 0 Å². The summed E-state index contributed by atoms with van der Waals surface area (Å²) < 4.78 is 58.5. The smallest absolute Gasteiger partial charge is 0.438 e. The molecule has 0 amide bonds. The third kappa shape index (κ3) is 8.01. The van der Waals surface area contributed by atoms with Gasteiger partial charge in [-0.05, 0) is 0 Å². The van der Waals surface area contributed by atoms with Crippen LogP contribution in [0.1, 0.15) is 12.6 Å². The minimum absolute atomic E-state index is 0.247. The standard InChI is InChI=1S/C17H26N2O18P2/c1-31-17(26)35-8-4-7(33-14(8)19-3-2-10(21)18-16(19)25)6-32-38(27,28)37-39(29,30)36-15-13(24)12(23)11(22)9(5-20)34-15/h2-3,7-9,11-15,20,22-24H,4-6H2,1H3,(H,27,28)(H,29,30)(H,18,21,25)/t7-,8+,9+,11+,12-,13+,14+,15+/m0/s1. The normalized spacial score (nSPS) is 34.1. The zero-order valence-electron chi connectivity index (χ0n) is 19.8. The molecule has 0 radical (unpaired) electrons. The van der Waals surface area contributed by atoms with Crippen LogP contribution in [0.15, 0.2) is 21.9 Å². The first kappa shape index (κ1) is 31.5. The highest BCUT2D eigenvalue weighted by molar-refractivity contribution is 7.61. The molecule has 22 heteroatoms. The predicted octanol–water partition coefficient (Wildman–Crippen LogP) is -2.97. The molecule has 222 valence electrons. The van der Waals surface area contributed by atoms with E-state index in [2.05, 4.69) is 18.1 Å². The van der Waals surface area contributed by atoms with Gasteiger partial charge in [0.15, 0.2) is 18.6 Å². The van der Waals surface area contributed by atoms with Gasteiger partial charge in [-0.25, -0.2) is 18.7 Å². The van der Waals surface area contributed by atoms with Crippen LogP contribution < -0.4 is 11.2 Å². The van der Waals surface area contributed by atoms with E-state index >= 15 is 0 Å². The van der Waals surface area contributed by atoms with Crippen molar-refractivity contribution in [1.82, 2.24) is 9.55 Å². The van der Waals surface area contributed by atoms with Gasteiger partial charge < -0.3 is 49.2 Å². The lowest BCUT2D eigenvalue weighted by atomic mass is 10.00. The summed E-state index contributed by atoms with van der Waals surface area (Å²) in [5.74, 6) is 0. The zero-order chi connectivity index (χ0) is 29.1. The third-order valence-electron chi connectivity index (χ3n) is 5.40. The number of methoxy groups -OCH3 is 1. The first-order chi connectivity index (χ1) is 18.2. The summed E-state index contributed by atoms with van der Waals surface area (Å²) >= 11 is 0. The molecular formula is C17H26N2O18P2. The molecular weight excluding hydrogens is 582 g/mol. The summed E-state index contributed by atoms with van der Waals surface area (Å²) in [6.45, 7) is -1.72. The van der Waals surface area contributed by atoms with Crippen LogP contribution in [0.2, 0.25) is 0 Å². The largest absolute Gasteiger partial charge is 0.508 e. The molecule has 2 aliphatic rings. The van der Waals surface area contributed by atoms with Crippen LogP contribution in [0.3, 0.4) is 0 Å². The monoisotopic (exact) mass is 608 g/mol. The van der Waals surface area contributed by atoms with E-state index < -0.39 is 95.4 Å². The Labute approximate surface area is 217 Å². The zero-order valence-corrected chi connectivity index (χ0v) is 21.6. The second-order valence-electron chi connectivity index (χ2n) is 8.13. The van der Waals surface area contributed by atoms with Crippen molar-refractivity contribution < 1.29 is 76.4 Å². The molecule has 0 aliphatic carbocycles. The number of carbonyl (C=O) groups is 1. The summed E-state index contributed by atoms with van der Waals surface area (Å²) in [6.07, 6.45) is -13.7. The first-order valence-corrected chi connectivity index (χ1v) is 13.9. The van der Waals surface area contributed by atoms with E-state index in [0.29, 0.717) is 0 Å². The summed E-state index contributed by atoms with van der Waals surface area (Å²) in [6, 6.07) is 0.980. The topological polar surface area (TPSA) is 292 Å². The fourth-order valence-corrected chi connectivity index (χ4v) is 5.79. The lowest BCUT2D eigenvalue weighted by Crippen LogP contribution is -2.58. The van der Waals surface area contributed by atoms with E-state index in [1.807, 2.05) is 4.98 Å². The van der Waals surface area contributed by atoms with Gasteiger partial charge in [-0.15, -0.1) is 0 Å². The van der Waals surface area contributed by atoms with E-state index in [0.717, 1.165) is 23.9 Å². The number of carbonyl (C=O) groups excluding carboxylic acids is 1. The summed E-state index contributed by atoms with van der Waals surface area (Å²) in [5.41, 5.74) is -1.66. The lowest BCUT2D eigenvalue weighted by Gasteiger charge is -2.39. The fourth-order valence-electron chi connectivity index (χ4n) is 3.61. The van der Waals surface area contributed by atoms with Gasteiger partial charge in [0.1, 0.15) is 24.4 Å². The van der Waals surface area contributed by atoms with Crippen molar-refractivity contribution >= 4 is 21.8 Å². The van der Waals surface area contributed by atoms with E-state index in [9.17, 15) is 48.6 Å². The van der Waals surface area contributed by atoms with Crippen LogP contribution in [0.5, 0.6) is 0 Å². The predicted molar refractivity (Wildman–Crippen MR) is 119 cm³/mol. The molecule has 1 aromatic rings. The molecule has 0 saturated carbocycles. The Bertz CT molecular complexity index is 1220. The third-order valence-corrected chi connectivity index (χ3v) is 8.00. The number of nitrogens with zero attached hydrogens (tertiary/aromatic N) is 1. The lowest BCUT2D eigenvalue weighted by molar-refractivity contribution is -0.280. The number of hydrogen-bond donors (Lipinski definition) is 7. The highest BCUT2D eigenvalue weighted by Crippen LogP contribution is 2.61. The Kier molecular flexibility index (Phi) is 10.2. The number of ether oxygens (including phenoxy) is 4. The molecule has 2 aliphatic heterocycles. The number of aliphatic hydroxyl groups is 4. The second kappa shape index (κ2) is 12.6. The average molecular weight is 608 g/mol. The SMILES string of the molecule is COC(=O)O[C@@H]1C[C@@H](COP(=O)(O)OP(=O)(O)O[C@H]2O[C@H](CO)[C@@H](O)[C@H](O)[C@H]2O)O[C@H]1n1ccc(=O)[nH]c1=O. The molecule has 0 spiro atoms. The Morgan fingerprint density at radius 3 is 2.44 bits per heavy atom. The highest BCUT2D eigenvalue weighted by Gasteiger charge is 2.49. The van der Waals surface area contributed by atoms with Gasteiger partial charge in [-0.2, -0.15) is 4.31 Å². The molecule has 39 heavy (non-hydrogen) atoms. The summed E-state index contributed by atoms with van der Waals surface area (Å²) in [7, 11) is -9.99. The van der Waals surface area contributed by atoms with Crippen LogP contribution in [0, 0.1) is 0 Å². The number of rotatable bonds is 10. The minimum Gasteiger partial charge on any atom is -0.438 e. The van der Waals surface area contributed by atoms with Crippen LogP contribution >= 0.6 is 15.6 Å². The maximum absolute atomic E-state index is 12.3. The number of H-pyrrole nitrogens is 1. The molecule has 3 heterocycles. The molecule has 2 fully saturated rings. The van der Waals surface area contributed by atoms with E-state index in [-0.39, 0.29) is 6.42 Å². The van der Waals surface area contributed by atoms with Crippen LogP contribution in [0.4, 0.5) is 4.79 Å². The van der Waals surface area contributed by atoms with Crippen molar-refractivity contribution in [2.75, 3.05) is 20.3 Å². The van der Waals surface area contributed by atoms with Crippen molar-refractivity contribution in [3.8, 4) is 0 Å². The van der Waals surface area contributed by atoms with Crippen molar-refractivity contribution in [2.24, 2.45) is 0 Å². The number of nitrogens with one attached hydrogen (secondary N) is 1. The number of aliphatic hydroxyl groups excluding tert-OH is 4. The van der Waals surface area contributed by atoms with Gasteiger partial charge >= 0.3 is 27.5 Å². The van der Waals surface area contributed by atoms with E-state index in [1.54, 1.807) is 0 Å². The molecule has 2 unspecified atom stereocenters. The Hall–Kier alpha value is -2.03. The van der Waals surface area contributed by atoms with Gasteiger partial charge in [0.2, 0.25) is 0 Å². The summed E-state index contributed by atoms with van der Waals surface area (Å²) in [5, 5.41) is 38.5. The molecule has 3 rings (SSSR count). The van der Waals surface area contributed by atoms with Crippen molar-refractivity contribution in [2.45, 2.75) is 55.6 Å². The highest BCUT2D eigenvalue weighted by atomic mass is 31.3. The number of aromatic nitrogens is 2. The quantitative estimate of drug-likeness (QED) is 0.103. The van der Waals surface area contributed by atoms with Gasteiger partial charge in [0, 0.05) is 18.7 Å². The average Bonchev–Trinajstić information content (AvgIpc) is 3.24. The fraction of sp³-hybridized carbons (Fsp3) is 0.706. The van der Waals surface area contributed by atoms with Gasteiger partial charge in [-0.3, -0.25) is 23.4 Å². The maximum Gasteiger partial charge on any atom is 0.508 e. The van der Waals surface area contributed by atoms with E-state index in [1.165, 1.54) is 0 Å². The van der Waals surface area contributed by atoms with Crippen molar-refractivity contribution in [3.05, 3.63) is 33.1 Å². The first-order valence-electron chi connectivity index (χ1n) is 10.9. The second-order valence-corrected chi connectivity index (χ2v) is 11.1. The van der Waals surface area contributed by atoms with E-state index in [4.69, 9.17) is 19.3 Å². The Morgan fingerprint density at radius 2 is 1.82 bits per heavy atom. The molecule has 1 aromatic heterocycles. The maximum atomic E-state index is 12.3. The van der Waals surface area contributed by atoms with Crippen molar-refractivity contribution in [3.63, 3.8) is 0 Å². The minimum atomic E-state index is -5.57.